The highest BCUT2D eigenvalue weighted by Gasteiger charge is 2.31. The first-order chi connectivity index (χ1) is 9.95. The number of nitrogens with two attached hydrogens (primary N) is 1. The number of nitrogens with zero attached hydrogens (tertiary/aromatic N) is 1. The molecule has 0 aromatic heterocycles. The van der Waals surface area contributed by atoms with Gasteiger partial charge >= 0.3 is 0 Å². The van der Waals surface area contributed by atoms with Crippen molar-refractivity contribution in [1.82, 2.24) is 0 Å². The van der Waals surface area contributed by atoms with E-state index in [0.717, 1.165) is 17.0 Å². The number of hydrogen-bond acceptors (Lipinski definition) is 5. The molecule has 1 saturated heterocycles. The van der Waals surface area contributed by atoms with Gasteiger partial charge in [-0.15, -0.1) is 0 Å². The molecule has 0 spiro atoms. The highest BCUT2D eigenvalue weighted by molar-refractivity contribution is 7.80. The predicted molar refractivity (Wildman–Crippen MR) is 87.2 cm³/mol. The van der Waals surface area contributed by atoms with E-state index >= 15 is 0 Å². The predicted octanol–water partition coefficient (Wildman–Crippen LogP) is 1.31. The fourth-order valence-electron chi connectivity index (χ4n) is 2.60. The van der Waals surface area contributed by atoms with E-state index in [9.17, 15) is 5.11 Å². The van der Waals surface area contributed by atoms with Gasteiger partial charge in [0, 0.05) is 51.3 Å². The molecule has 0 saturated carbocycles. The molecule has 116 valence electrons. The van der Waals surface area contributed by atoms with Crippen molar-refractivity contribution >= 4 is 22.9 Å². The third-order valence-electron chi connectivity index (χ3n) is 3.84. The average molecular weight is 310 g/mol. The monoisotopic (exact) mass is 310 g/mol. The number of rotatable bonds is 5. The Kier molecular flexibility index (Phi) is 5.03. The number of hydrogen-bond donors (Lipinski definition) is 2. The third-order valence-corrected chi connectivity index (χ3v) is 4.06. The minimum atomic E-state index is -0.746. The third kappa shape index (κ3) is 3.84. The fraction of sp³-hybridized carbons (Fsp3) is 0.533. The maximum absolute atomic E-state index is 10.6. The molecule has 1 aromatic carbocycles. The molecule has 0 amide bonds. The summed E-state index contributed by atoms with van der Waals surface area (Å²) in [4.78, 5) is 2.31. The van der Waals surface area contributed by atoms with Crippen LogP contribution in [0.1, 0.15) is 18.4 Å². The van der Waals surface area contributed by atoms with E-state index in [0.29, 0.717) is 37.6 Å². The molecule has 0 atom stereocenters. The van der Waals surface area contributed by atoms with Crippen LogP contribution < -0.4 is 15.4 Å². The summed E-state index contributed by atoms with van der Waals surface area (Å²) < 4.78 is 10.6. The van der Waals surface area contributed by atoms with Gasteiger partial charge < -0.3 is 25.2 Å². The van der Waals surface area contributed by atoms with E-state index in [4.69, 9.17) is 27.4 Å². The first-order valence-corrected chi connectivity index (χ1v) is 7.35. The van der Waals surface area contributed by atoms with Crippen LogP contribution in [0.15, 0.2) is 18.2 Å². The van der Waals surface area contributed by atoms with Crippen molar-refractivity contribution in [2.75, 3.05) is 38.8 Å². The smallest absolute Gasteiger partial charge is 0.120 e. The standard InChI is InChI=1S/C15H22N2O3S/c1-17(10-15(18)5-7-20-8-6-15)13-9-11(19-2)3-4-12(13)14(16)21/h3-4,9,18H,5-8,10H2,1-2H3,(H2,16,21). The van der Waals surface area contributed by atoms with Crippen molar-refractivity contribution in [3.63, 3.8) is 0 Å². The molecule has 1 aliphatic rings. The number of benzene rings is 1. The summed E-state index contributed by atoms with van der Waals surface area (Å²) in [6.45, 7) is 1.67. The van der Waals surface area contributed by atoms with E-state index < -0.39 is 5.60 Å². The van der Waals surface area contributed by atoms with Gasteiger partial charge in [0.2, 0.25) is 0 Å². The van der Waals surface area contributed by atoms with E-state index in [1.807, 2.05) is 30.1 Å². The number of likely N-dealkylation sites (N-methyl/N-ethyl adjacent to an activating group) is 1. The normalized spacial score (nSPS) is 17.3. The van der Waals surface area contributed by atoms with Crippen molar-refractivity contribution in [2.45, 2.75) is 18.4 Å². The van der Waals surface area contributed by atoms with Crippen LogP contribution in [0.5, 0.6) is 5.75 Å². The van der Waals surface area contributed by atoms with Crippen molar-refractivity contribution in [2.24, 2.45) is 5.73 Å². The maximum atomic E-state index is 10.6. The highest BCUT2D eigenvalue weighted by Crippen LogP contribution is 2.29. The molecule has 2 rings (SSSR count). The number of ether oxygens (including phenoxy) is 2. The Bertz CT molecular complexity index is 516. The van der Waals surface area contributed by atoms with Gasteiger partial charge in [0.15, 0.2) is 0 Å². The van der Waals surface area contributed by atoms with Gasteiger partial charge in [-0.2, -0.15) is 0 Å². The maximum Gasteiger partial charge on any atom is 0.120 e. The first-order valence-electron chi connectivity index (χ1n) is 6.94. The Morgan fingerprint density at radius 2 is 2.14 bits per heavy atom. The van der Waals surface area contributed by atoms with Gasteiger partial charge in [-0.05, 0) is 12.1 Å². The molecule has 1 aromatic rings. The zero-order valence-corrected chi connectivity index (χ0v) is 13.3. The fourth-order valence-corrected chi connectivity index (χ4v) is 2.77. The molecule has 5 nitrogen and oxygen atoms in total. The van der Waals surface area contributed by atoms with Crippen molar-refractivity contribution in [3.05, 3.63) is 23.8 Å². The molecule has 0 radical (unpaired) electrons. The Balaban J connectivity index is 2.24. The van der Waals surface area contributed by atoms with E-state index in [-0.39, 0.29) is 0 Å². The van der Waals surface area contributed by atoms with Gasteiger partial charge in [0.05, 0.1) is 18.4 Å². The lowest BCUT2D eigenvalue weighted by Gasteiger charge is -2.36. The minimum Gasteiger partial charge on any atom is -0.497 e. The van der Waals surface area contributed by atoms with Crippen molar-refractivity contribution in [1.29, 1.82) is 0 Å². The number of methoxy groups -OCH3 is 1. The summed E-state index contributed by atoms with van der Waals surface area (Å²) >= 11 is 5.11. The lowest BCUT2D eigenvalue weighted by molar-refractivity contribution is -0.0572. The van der Waals surface area contributed by atoms with Crippen LogP contribution in [0.3, 0.4) is 0 Å². The van der Waals surface area contributed by atoms with Crippen molar-refractivity contribution < 1.29 is 14.6 Å². The van der Waals surface area contributed by atoms with E-state index in [1.54, 1.807) is 7.11 Å². The highest BCUT2D eigenvalue weighted by atomic mass is 32.1. The van der Waals surface area contributed by atoms with Crippen LogP contribution in [0.4, 0.5) is 5.69 Å². The second kappa shape index (κ2) is 6.60. The quantitative estimate of drug-likeness (QED) is 0.799. The Morgan fingerprint density at radius 3 is 2.71 bits per heavy atom. The largest absolute Gasteiger partial charge is 0.497 e. The van der Waals surface area contributed by atoms with Gasteiger partial charge in [0.25, 0.3) is 0 Å². The number of aliphatic hydroxyl groups is 1. The minimum absolute atomic E-state index is 0.332. The molecule has 3 N–H and O–H groups in total. The molecule has 21 heavy (non-hydrogen) atoms. The summed E-state index contributed by atoms with van der Waals surface area (Å²) in [6, 6.07) is 5.56. The average Bonchev–Trinajstić information content (AvgIpc) is 2.46. The van der Waals surface area contributed by atoms with Crippen LogP contribution in [-0.2, 0) is 4.74 Å². The Hall–Kier alpha value is -1.37. The molecular formula is C15H22N2O3S. The summed E-state index contributed by atoms with van der Waals surface area (Å²) in [6.07, 6.45) is 1.26. The summed E-state index contributed by atoms with van der Waals surface area (Å²) in [5.41, 5.74) is 6.69. The zero-order chi connectivity index (χ0) is 15.5. The first kappa shape index (κ1) is 16.0. The lowest BCUT2D eigenvalue weighted by Crippen LogP contribution is -2.46. The lowest BCUT2D eigenvalue weighted by atomic mass is 9.93. The van der Waals surface area contributed by atoms with Crippen LogP contribution in [-0.4, -0.2) is 49.6 Å². The topological polar surface area (TPSA) is 68.0 Å². The van der Waals surface area contributed by atoms with Crippen LogP contribution in [0.25, 0.3) is 0 Å². The number of anilines is 1. The van der Waals surface area contributed by atoms with Crippen LogP contribution >= 0.6 is 12.2 Å². The van der Waals surface area contributed by atoms with Gasteiger partial charge in [0.1, 0.15) is 10.7 Å². The summed E-state index contributed by atoms with van der Waals surface area (Å²) in [5.74, 6) is 0.732. The van der Waals surface area contributed by atoms with E-state index in [2.05, 4.69) is 0 Å². The second-order valence-electron chi connectivity index (χ2n) is 5.44. The van der Waals surface area contributed by atoms with E-state index in [1.165, 1.54) is 0 Å². The van der Waals surface area contributed by atoms with Crippen molar-refractivity contribution in [3.8, 4) is 5.75 Å². The summed E-state index contributed by atoms with van der Waals surface area (Å²) in [7, 11) is 3.54. The molecule has 0 unspecified atom stereocenters. The molecule has 1 aliphatic heterocycles. The molecular weight excluding hydrogens is 288 g/mol. The molecule has 1 fully saturated rings. The molecule has 1 heterocycles. The van der Waals surface area contributed by atoms with Crippen LogP contribution in [0.2, 0.25) is 0 Å². The second-order valence-corrected chi connectivity index (χ2v) is 5.88. The summed E-state index contributed by atoms with van der Waals surface area (Å²) in [5, 5.41) is 10.6. The SMILES string of the molecule is COc1ccc(C(N)=S)c(N(C)CC2(O)CCOCC2)c1. The Labute approximate surface area is 130 Å². The molecule has 6 heteroatoms. The van der Waals surface area contributed by atoms with Gasteiger partial charge in [-0.3, -0.25) is 0 Å². The van der Waals surface area contributed by atoms with Gasteiger partial charge in [-0.1, -0.05) is 12.2 Å². The molecule has 0 bridgehead atoms. The zero-order valence-electron chi connectivity index (χ0n) is 12.5. The number of thiocarbonyl (C=S) groups is 1. The molecule has 0 aliphatic carbocycles. The van der Waals surface area contributed by atoms with Crippen LogP contribution in [0, 0.1) is 0 Å². The van der Waals surface area contributed by atoms with Gasteiger partial charge in [-0.25, -0.2) is 0 Å². The Morgan fingerprint density at radius 1 is 1.48 bits per heavy atom.